The Balaban J connectivity index is 1.92. The average molecular weight is 288 g/mol. The number of fused-ring (bicyclic) bond motifs is 8. The Morgan fingerprint density at radius 2 is 1.68 bits per heavy atom. The average Bonchev–Trinajstić information content (AvgIpc) is 2.96. The lowest BCUT2D eigenvalue weighted by Gasteiger charge is -2.50. The van der Waals surface area contributed by atoms with Crippen LogP contribution in [0, 0.1) is 0 Å². The van der Waals surface area contributed by atoms with Crippen LogP contribution in [0.3, 0.4) is 0 Å². The monoisotopic (exact) mass is 288 g/mol. The third-order valence-corrected chi connectivity index (χ3v) is 5.57. The molecule has 0 bridgehead atoms. The SMILES string of the molecule is CC12CCCCN1c1ccccc1-n1c2cc2ccccc21. The van der Waals surface area contributed by atoms with Crippen molar-refractivity contribution in [3.63, 3.8) is 0 Å². The molecule has 0 radical (unpaired) electrons. The first-order valence-electron chi connectivity index (χ1n) is 8.27. The first-order valence-corrected chi connectivity index (χ1v) is 8.27. The Kier molecular flexibility index (Phi) is 2.33. The number of aromatic nitrogens is 1. The van der Waals surface area contributed by atoms with Crippen molar-refractivity contribution in [1.82, 2.24) is 4.57 Å². The zero-order valence-corrected chi connectivity index (χ0v) is 12.9. The second-order valence-electron chi connectivity index (χ2n) is 6.80. The van der Waals surface area contributed by atoms with Gasteiger partial charge in [-0.3, -0.25) is 0 Å². The molecule has 1 aromatic heterocycles. The predicted octanol–water partition coefficient (Wildman–Crippen LogP) is 4.85. The minimum atomic E-state index is 0.117. The van der Waals surface area contributed by atoms with E-state index in [0.29, 0.717) is 0 Å². The quantitative estimate of drug-likeness (QED) is 0.574. The van der Waals surface area contributed by atoms with E-state index in [9.17, 15) is 0 Å². The summed E-state index contributed by atoms with van der Waals surface area (Å²) in [5, 5.41) is 1.35. The van der Waals surface area contributed by atoms with Crippen LogP contribution < -0.4 is 4.90 Å². The van der Waals surface area contributed by atoms with Gasteiger partial charge < -0.3 is 9.47 Å². The van der Waals surface area contributed by atoms with Gasteiger partial charge in [0.1, 0.15) is 0 Å². The molecule has 1 unspecified atom stereocenters. The first-order chi connectivity index (χ1) is 10.8. The van der Waals surface area contributed by atoms with Gasteiger partial charge in [-0.25, -0.2) is 0 Å². The van der Waals surface area contributed by atoms with Crippen LogP contribution in [0.2, 0.25) is 0 Å². The Morgan fingerprint density at radius 1 is 0.909 bits per heavy atom. The van der Waals surface area contributed by atoms with E-state index >= 15 is 0 Å². The molecule has 3 heterocycles. The van der Waals surface area contributed by atoms with E-state index in [-0.39, 0.29) is 5.54 Å². The Bertz CT molecular complexity index is 876. The predicted molar refractivity (Wildman–Crippen MR) is 91.8 cm³/mol. The van der Waals surface area contributed by atoms with E-state index in [1.165, 1.54) is 47.2 Å². The van der Waals surface area contributed by atoms with Crippen molar-refractivity contribution in [2.45, 2.75) is 31.7 Å². The lowest BCUT2D eigenvalue weighted by atomic mass is 9.83. The number of rotatable bonds is 0. The van der Waals surface area contributed by atoms with Gasteiger partial charge >= 0.3 is 0 Å². The second kappa shape index (κ2) is 4.16. The molecule has 2 aliphatic heterocycles. The summed E-state index contributed by atoms with van der Waals surface area (Å²) >= 11 is 0. The molecule has 0 amide bonds. The van der Waals surface area contributed by atoms with Crippen LogP contribution in [-0.2, 0) is 5.54 Å². The largest absolute Gasteiger partial charge is 0.359 e. The van der Waals surface area contributed by atoms with E-state index in [4.69, 9.17) is 0 Å². The summed E-state index contributed by atoms with van der Waals surface area (Å²) in [4.78, 5) is 2.64. The first kappa shape index (κ1) is 12.3. The summed E-state index contributed by atoms with van der Waals surface area (Å²) in [5.41, 5.74) is 5.62. The fourth-order valence-corrected chi connectivity index (χ4v) is 4.47. The topological polar surface area (TPSA) is 8.17 Å². The van der Waals surface area contributed by atoms with E-state index < -0.39 is 0 Å². The van der Waals surface area contributed by atoms with Crippen LogP contribution >= 0.6 is 0 Å². The number of para-hydroxylation sites is 3. The van der Waals surface area contributed by atoms with Crippen molar-refractivity contribution in [3.8, 4) is 5.69 Å². The number of piperidine rings is 1. The summed E-state index contributed by atoms with van der Waals surface area (Å²) in [6.07, 6.45) is 3.85. The van der Waals surface area contributed by atoms with Gasteiger partial charge in [0.25, 0.3) is 0 Å². The highest BCUT2D eigenvalue weighted by Crippen LogP contribution is 2.49. The number of benzene rings is 2. The molecule has 3 aromatic rings. The lowest BCUT2D eigenvalue weighted by molar-refractivity contribution is 0.323. The molecule has 0 N–H and O–H groups in total. The van der Waals surface area contributed by atoms with Gasteiger partial charge in [0.15, 0.2) is 0 Å². The molecule has 5 rings (SSSR count). The Morgan fingerprint density at radius 3 is 2.59 bits per heavy atom. The van der Waals surface area contributed by atoms with Crippen LogP contribution in [0.25, 0.3) is 16.6 Å². The molecule has 22 heavy (non-hydrogen) atoms. The minimum Gasteiger partial charge on any atom is -0.359 e. The number of hydrogen-bond acceptors (Lipinski definition) is 1. The van der Waals surface area contributed by atoms with E-state index in [1.54, 1.807) is 0 Å². The maximum absolute atomic E-state index is 2.64. The van der Waals surface area contributed by atoms with Crippen LogP contribution in [-0.4, -0.2) is 11.1 Å². The molecule has 1 atom stereocenters. The highest BCUT2D eigenvalue weighted by Gasteiger charge is 2.43. The smallest absolute Gasteiger partial charge is 0.0780 e. The van der Waals surface area contributed by atoms with Crippen LogP contribution in [0.4, 0.5) is 5.69 Å². The molecule has 0 spiro atoms. The fraction of sp³-hybridized carbons (Fsp3) is 0.300. The zero-order valence-electron chi connectivity index (χ0n) is 12.9. The molecule has 2 heteroatoms. The number of nitrogens with zero attached hydrogens (tertiary/aromatic N) is 2. The van der Waals surface area contributed by atoms with Gasteiger partial charge in [0.2, 0.25) is 0 Å². The normalized spacial score (nSPS) is 23.0. The summed E-state index contributed by atoms with van der Waals surface area (Å²) in [6, 6.07) is 20.1. The van der Waals surface area contributed by atoms with Crippen molar-refractivity contribution in [2.75, 3.05) is 11.4 Å². The maximum atomic E-state index is 2.64. The van der Waals surface area contributed by atoms with Crippen molar-refractivity contribution in [3.05, 3.63) is 60.3 Å². The van der Waals surface area contributed by atoms with Gasteiger partial charge in [-0.15, -0.1) is 0 Å². The molecule has 2 nitrogen and oxygen atoms in total. The lowest BCUT2D eigenvalue weighted by Crippen LogP contribution is -2.51. The van der Waals surface area contributed by atoms with E-state index in [2.05, 4.69) is 71.0 Å². The summed E-state index contributed by atoms with van der Waals surface area (Å²) < 4.78 is 2.49. The fourth-order valence-electron chi connectivity index (χ4n) is 4.47. The number of anilines is 1. The van der Waals surface area contributed by atoms with Crippen molar-refractivity contribution >= 4 is 16.6 Å². The number of hydrogen-bond donors (Lipinski definition) is 0. The van der Waals surface area contributed by atoms with Crippen molar-refractivity contribution < 1.29 is 0 Å². The Labute approximate surface area is 131 Å². The molecule has 2 aromatic carbocycles. The molecule has 1 saturated heterocycles. The summed E-state index contributed by atoms with van der Waals surface area (Å²) in [6.45, 7) is 3.59. The minimum absolute atomic E-state index is 0.117. The van der Waals surface area contributed by atoms with Crippen molar-refractivity contribution in [1.29, 1.82) is 0 Å². The standard InChI is InChI=1S/C20H20N2/c1-20-12-6-7-13-21(20)17-10-4-5-11-18(17)22-16-9-3-2-8-15(16)14-19(20)22/h2-5,8-11,14H,6-7,12-13H2,1H3. The molecular weight excluding hydrogens is 268 g/mol. The van der Waals surface area contributed by atoms with Gasteiger partial charge in [-0.1, -0.05) is 30.3 Å². The van der Waals surface area contributed by atoms with E-state index in [0.717, 1.165) is 6.54 Å². The molecule has 0 saturated carbocycles. The van der Waals surface area contributed by atoms with Crippen LogP contribution in [0.1, 0.15) is 31.9 Å². The highest BCUT2D eigenvalue weighted by molar-refractivity contribution is 5.87. The van der Waals surface area contributed by atoms with Gasteiger partial charge in [-0.05, 0) is 50.5 Å². The summed E-state index contributed by atoms with van der Waals surface area (Å²) in [5.74, 6) is 0. The molecule has 0 aliphatic carbocycles. The molecular formula is C20H20N2. The second-order valence-corrected chi connectivity index (χ2v) is 6.80. The molecule has 1 fully saturated rings. The van der Waals surface area contributed by atoms with Crippen molar-refractivity contribution in [2.24, 2.45) is 0 Å². The summed E-state index contributed by atoms with van der Waals surface area (Å²) in [7, 11) is 0. The Hall–Kier alpha value is -2.22. The third-order valence-electron chi connectivity index (χ3n) is 5.57. The third kappa shape index (κ3) is 1.40. The molecule has 2 aliphatic rings. The molecule has 110 valence electrons. The zero-order chi connectivity index (χ0) is 14.7. The van der Waals surface area contributed by atoms with E-state index in [1.807, 2.05) is 0 Å². The van der Waals surface area contributed by atoms with Crippen LogP contribution in [0.15, 0.2) is 54.6 Å². The van der Waals surface area contributed by atoms with Gasteiger partial charge in [0, 0.05) is 17.6 Å². The van der Waals surface area contributed by atoms with Gasteiger partial charge in [-0.2, -0.15) is 0 Å². The van der Waals surface area contributed by atoms with Gasteiger partial charge in [0.05, 0.1) is 22.4 Å². The maximum Gasteiger partial charge on any atom is 0.0780 e. The van der Waals surface area contributed by atoms with Crippen LogP contribution in [0.5, 0.6) is 0 Å². The highest BCUT2D eigenvalue weighted by atomic mass is 15.3.